The summed E-state index contributed by atoms with van der Waals surface area (Å²) in [5.41, 5.74) is 13.3. The van der Waals surface area contributed by atoms with Crippen molar-refractivity contribution < 1.29 is 41.0 Å². The fraction of sp³-hybridized carbons (Fsp3) is 0.351. The first-order valence-corrected chi connectivity index (χ1v) is 18.6. The van der Waals surface area contributed by atoms with E-state index in [-0.39, 0.29) is 26.6 Å². The Morgan fingerprint density at radius 1 is 0.865 bits per heavy atom. The quantitative estimate of drug-likeness (QED) is 0.125. The minimum atomic E-state index is -5.22. The molecule has 52 heavy (non-hydrogen) atoms. The van der Waals surface area contributed by atoms with Gasteiger partial charge in [-0.25, -0.2) is 18.1 Å². The molecule has 2 amide bonds. The number of imide groups is 1. The molecule has 0 aliphatic heterocycles. The lowest BCUT2D eigenvalue weighted by atomic mass is 9.84. The number of nitrogens with two attached hydrogens (primary N) is 2. The van der Waals surface area contributed by atoms with Crippen LogP contribution >= 0.6 is 11.3 Å². The Morgan fingerprint density at radius 3 is 1.85 bits per heavy atom. The first kappa shape index (κ1) is 40.5. The predicted molar refractivity (Wildman–Crippen MR) is 194 cm³/mol. The molecule has 0 fully saturated rings. The van der Waals surface area contributed by atoms with Gasteiger partial charge in [0.05, 0.1) is 30.7 Å². The summed E-state index contributed by atoms with van der Waals surface area (Å²) in [5.74, 6) is -2.29. The van der Waals surface area contributed by atoms with E-state index in [0.29, 0.717) is 34.6 Å². The van der Waals surface area contributed by atoms with Crippen molar-refractivity contribution in [3.63, 3.8) is 0 Å². The lowest BCUT2D eigenvalue weighted by molar-refractivity contribution is -0.186. The van der Waals surface area contributed by atoms with Gasteiger partial charge in [-0.05, 0) is 59.4 Å². The molecule has 1 aromatic heterocycles. The lowest BCUT2D eigenvalue weighted by Crippen LogP contribution is -2.53. The van der Waals surface area contributed by atoms with E-state index in [1.807, 2.05) is 20.8 Å². The van der Waals surface area contributed by atoms with Crippen molar-refractivity contribution in [2.75, 3.05) is 26.0 Å². The fourth-order valence-corrected chi connectivity index (χ4v) is 8.67. The average molecular weight is 761 g/mol. The third-order valence-electron chi connectivity index (χ3n) is 8.47. The van der Waals surface area contributed by atoms with Gasteiger partial charge in [0.1, 0.15) is 0 Å². The SMILES string of the molecule is COC(=O)N(C(=O)[C@@H](N)C(c1ccccc1)c1ccccc1)[C@H](c1ccc([C@@H](CO)N(CCC(C)(C)C)S(=O)(=O)c2ccc(N)cc2)s1)C(F)(F)F. The van der Waals surface area contributed by atoms with Crippen molar-refractivity contribution in [2.45, 2.75) is 62.3 Å². The number of nitrogens with zero attached hydrogens (tertiary/aromatic N) is 2. The number of rotatable bonds is 13. The van der Waals surface area contributed by atoms with Crippen LogP contribution in [-0.2, 0) is 19.6 Å². The van der Waals surface area contributed by atoms with Crippen LogP contribution in [0.3, 0.4) is 0 Å². The largest absolute Gasteiger partial charge is 0.452 e. The molecule has 15 heteroatoms. The van der Waals surface area contributed by atoms with E-state index in [2.05, 4.69) is 0 Å². The van der Waals surface area contributed by atoms with Crippen LogP contribution in [-0.4, -0.2) is 67.2 Å². The molecule has 10 nitrogen and oxygen atoms in total. The van der Waals surface area contributed by atoms with Gasteiger partial charge in [0.15, 0.2) is 6.04 Å². The summed E-state index contributed by atoms with van der Waals surface area (Å²) in [6.07, 6.45) is -6.47. The topological polar surface area (TPSA) is 156 Å². The molecule has 1 heterocycles. The highest BCUT2D eigenvalue weighted by Gasteiger charge is 2.52. The predicted octanol–water partition coefficient (Wildman–Crippen LogP) is 6.85. The normalized spacial score (nSPS) is 14.2. The van der Waals surface area contributed by atoms with Gasteiger partial charge in [-0.2, -0.15) is 17.5 Å². The highest BCUT2D eigenvalue weighted by Crippen LogP contribution is 2.44. The van der Waals surface area contributed by atoms with Gasteiger partial charge in [0, 0.05) is 27.9 Å². The van der Waals surface area contributed by atoms with E-state index in [1.165, 1.54) is 30.3 Å². The number of methoxy groups -OCH3 is 1. The number of hydrogen-bond donors (Lipinski definition) is 3. The summed E-state index contributed by atoms with van der Waals surface area (Å²) in [7, 11) is -3.46. The zero-order valence-corrected chi connectivity index (χ0v) is 30.8. The van der Waals surface area contributed by atoms with Crippen LogP contribution in [0.2, 0.25) is 0 Å². The summed E-state index contributed by atoms with van der Waals surface area (Å²) < 4.78 is 79.3. The monoisotopic (exact) mass is 760 g/mol. The van der Waals surface area contributed by atoms with Crippen molar-refractivity contribution in [1.82, 2.24) is 9.21 Å². The average Bonchev–Trinajstić information content (AvgIpc) is 3.57. The number of ether oxygens (including phenoxy) is 1. The van der Waals surface area contributed by atoms with Crippen LogP contribution < -0.4 is 11.5 Å². The number of sulfonamides is 1. The maximum absolute atomic E-state index is 15.2. The van der Waals surface area contributed by atoms with Gasteiger partial charge in [-0.15, -0.1) is 11.3 Å². The van der Waals surface area contributed by atoms with Gasteiger partial charge in [-0.3, -0.25) is 4.79 Å². The van der Waals surface area contributed by atoms with E-state index in [0.717, 1.165) is 17.5 Å². The number of benzene rings is 3. The van der Waals surface area contributed by atoms with Crippen LogP contribution in [0.25, 0.3) is 0 Å². The second-order valence-electron chi connectivity index (χ2n) is 13.4. The maximum Gasteiger partial charge on any atom is 0.417 e. The molecule has 0 radical (unpaired) electrons. The number of anilines is 1. The number of carbonyl (C=O) groups excluding carboxylic acids is 2. The molecule has 0 saturated heterocycles. The number of hydrogen-bond acceptors (Lipinski definition) is 9. The minimum Gasteiger partial charge on any atom is -0.452 e. The molecule has 280 valence electrons. The maximum atomic E-state index is 15.2. The molecule has 0 bridgehead atoms. The number of halogens is 3. The number of carbonyl (C=O) groups is 2. The van der Waals surface area contributed by atoms with E-state index in [1.54, 1.807) is 60.7 Å². The zero-order chi connectivity index (χ0) is 38.4. The van der Waals surface area contributed by atoms with Crippen LogP contribution in [0.15, 0.2) is 102 Å². The Hall–Kier alpha value is -4.28. The summed E-state index contributed by atoms with van der Waals surface area (Å²) in [5, 5.41) is 10.6. The van der Waals surface area contributed by atoms with Crippen LogP contribution in [0, 0.1) is 5.41 Å². The zero-order valence-electron chi connectivity index (χ0n) is 29.2. The van der Waals surface area contributed by atoms with Crippen molar-refractivity contribution in [2.24, 2.45) is 11.1 Å². The Kier molecular flexibility index (Phi) is 12.9. The van der Waals surface area contributed by atoms with Gasteiger partial charge in [-0.1, -0.05) is 81.4 Å². The van der Waals surface area contributed by atoms with Gasteiger partial charge < -0.3 is 21.3 Å². The molecule has 4 aromatic rings. The van der Waals surface area contributed by atoms with Crippen molar-refractivity contribution in [3.8, 4) is 0 Å². The van der Waals surface area contributed by atoms with Crippen LogP contribution in [0.1, 0.15) is 66.1 Å². The molecule has 4 rings (SSSR count). The van der Waals surface area contributed by atoms with E-state index < -0.39 is 63.7 Å². The van der Waals surface area contributed by atoms with Crippen molar-refractivity contribution >= 4 is 39.0 Å². The Bertz CT molecular complexity index is 1860. The molecule has 0 unspecified atom stereocenters. The third kappa shape index (κ3) is 9.38. The first-order valence-electron chi connectivity index (χ1n) is 16.3. The third-order valence-corrected chi connectivity index (χ3v) is 11.6. The molecular weight excluding hydrogens is 718 g/mol. The van der Waals surface area contributed by atoms with Gasteiger partial charge >= 0.3 is 12.3 Å². The van der Waals surface area contributed by atoms with E-state index in [9.17, 15) is 23.1 Å². The van der Waals surface area contributed by atoms with E-state index in [4.69, 9.17) is 16.2 Å². The van der Waals surface area contributed by atoms with Gasteiger partial charge in [0.25, 0.3) is 5.91 Å². The second-order valence-corrected chi connectivity index (χ2v) is 16.4. The van der Waals surface area contributed by atoms with Crippen molar-refractivity contribution in [3.05, 3.63) is 118 Å². The summed E-state index contributed by atoms with van der Waals surface area (Å²) >= 11 is 0.514. The Balaban J connectivity index is 1.80. The van der Waals surface area contributed by atoms with Crippen LogP contribution in [0.5, 0.6) is 0 Å². The highest BCUT2D eigenvalue weighted by molar-refractivity contribution is 7.89. The number of alkyl halides is 3. The number of aliphatic hydroxyl groups excluding tert-OH is 1. The minimum absolute atomic E-state index is 0.0321. The Labute approximate surface area is 305 Å². The van der Waals surface area contributed by atoms with Crippen molar-refractivity contribution in [1.29, 1.82) is 0 Å². The Morgan fingerprint density at radius 2 is 1.38 bits per heavy atom. The summed E-state index contributed by atoms with van der Waals surface area (Å²) in [4.78, 5) is 26.7. The fourth-order valence-electron chi connectivity index (χ4n) is 5.77. The van der Waals surface area contributed by atoms with Crippen LogP contribution in [0.4, 0.5) is 23.7 Å². The lowest BCUT2D eigenvalue weighted by Gasteiger charge is -2.34. The second kappa shape index (κ2) is 16.6. The highest BCUT2D eigenvalue weighted by atomic mass is 32.2. The number of nitrogen functional groups attached to an aromatic ring is 1. The number of thiophene rings is 1. The first-order chi connectivity index (χ1) is 24.4. The molecule has 0 aliphatic carbocycles. The number of aliphatic hydroxyl groups is 1. The number of amides is 2. The molecular formula is C37H43F3N4O6S2. The van der Waals surface area contributed by atoms with E-state index >= 15 is 13.2 Å². The molecule has 3 atom stereocenters. The molecule has 3 aromatic carbocycles. The molecule has 5 N–H and O–H groups in total. The molecule has 0 aliphatic rings. The molecule has 0 spiro atoms. The summed E-state index contributed by atoms with van der Waals surface area (Å²) in [6, 6.07) is 18.9. The standard InChI is InChI=1S/C37H43F3N4O6S2/c1-36(2,3)21-22-43(52(48,49)27-17-15-26(41)16-18-27)28(23-45)29-19-20-30(51-29)33(37(38,39)40)44(35(47)50-4)34(46)32(42)31(24-11-7-5-8-12-24)25-13-9-6-10-14-25/h5-20,28,31-33,45H,21-23,41-42H2,1-4H3/t28-,32+,33-/m1/s1. The summed E-state index contributed by atoms with van der Waals surface area (Å²) in [6.45, 7) is 4.83. The van der Waals surface area contributed by atoms with Gasteiger partial charge in [0.2, 0.25) is 10.0 Å². The molecule has 0 saturated carbocycles. The smallest absolute Gasteiger partial charge is 0.417 e.